The van der Waals surface area contributed by atoms with Gasteiger partial charge < -0.3 is 11.1 Å². The highest BCUT2D eigenvalue weighted by Crippen LogP contribution is 2.35. The fourth-order valence-corrected chi connectivity index (χ4v) is 3.55. The topological polar surface area (TPSA) is 55.1 Å². The number of hydrogen-bond donors (Lipinski definition) is 2. The highest BCUT2D eigenvalue weighted by atomic mass is 35.5. The Morgan fingerprint density at radius 1 is 1.14 bits per heavy atom. The van der Waals surface area contributed by atoms with Crippen LogP contribution in [0.25, 0.3) is 10.1 Å². The van der Waals surface area contributed by atoms with Crippen LogP contribution in [0.15, 0.2) is 48.5 Å². The third-order valence-corrected chi connectivity index (χ3v) is 4.94. The van der Waals surface area contributed by atoms with Crippen LogP contribution in [0.2, 0.25) is 5.02 Å². The predicted octanol–water partition coefficient (Wildman–Crippen LogP) is 4.27. The fraction of sp³-hybridized carbons (Fsp3) is 0.0625. The predicted molar refractivity (Wildman–Crippen MR) is 89.1 cm³/mol. The van der Waals surface area contributed by atoms with Gasteiger partial charge in [-0.2, -0.15) is 0 Å². The van der Waals surface area contributed by atoms with Crippen molar-refractivity contribution in [3.05, 3.63) is 64.0 Å². The van der Waals surface area contributed by atoms with Crippen molar-refractivity contribution in [2.24, 2.45) is 5.73 Å². The molecule has 5 heteroatoms. The molecule has 1 heterocycles. The van der Waals surface area contributed by atoms with Crippen LogP contribution < -0.4 is 11.1 Å². The minimum absolute atomic E-state index is 0.422. The van der Waals surface area contributed by atoms with E-state index in [4.69, 9.17) is 17.3 Å². The molecule has 2 aromatic carbocycles. The molecule has 0 bridgehead atoms. The van der Waals surface area contributed by atoms with Gasteiger partial charge in [0.1, 0.15) is 0 Å². The Hall–Kier alpha value is -2.04. The number of nitrogens with one attached hydrogen (secondary N) is 1. The standard InChI is InChI=1S/C16H13ClN2OS/c17-15-12-3-1-2-4-13(12)21-14(15)9-19-11-7-5-10(6-8-11)16(18)20/h1-8,19H,9H2,(H2,18,20). The molecule has 1 amide bonds. The first kappa shape index (κ1) is 13.9. The second-order valence-corrected chi connectivity index (χ2v) is 6.15. The van der Waals surface area contributed by atoms with E-state index in [1.54, 1.807) is 23.5 Å². The Morgan fingerprint density at radius 2 is 1.86 bits per heavy atom. The summed E-state index contributed by atoms with van der Waals surface area (Å²) in [4.78, 5) is 12.1. The van der Waals surface area contributed by atoms with E-state index in [9.17, 15) is 4.79 Å². The van der Waals surface area contributed by atoms with Crippen molar-refractivity contribution < 1.29 is 4.79 Å². The molecular formula is C16H13ClN2OS. The number of thiophene rings is 1. The van der Waals surface area contributed by atoms with E-state index in [1.807, 2.05) is 30.3 Å². The monoisotopic (exact) mass is 316 g/mol. The Labute approximate surface area is 131 Å². The minimum atomic E-state index is -0.422. The normalized spacial score (nSPS) is 10.7. The van der Waals surface area contributed by atoms with E-state index in [1.165, 1.54) is 4.70 Å². The second kappa shape index (κ2) is 5.76. The average Bonchev–Trinajstić information content (AvgIpc) is 2.82. The van der Waals surface area contributed by atoms with Crippen LogP contribution in [-0.4, -0.2) is 5.91 Å². The van der Waals surface area contributed by atoms with Crippen molar-refractivity contribution in [1.29, 1.82) is 0 Å². The van der Waals surface area contributed by atoms with Crippen molar-refractivity contribution >= 4 is 44.6 Å². The average molecular weight is 317 g/mol. The lowest BCUT2D eigenvalue weighted by atomic mass is 10.2. The summed E-state index contributed by atoms with van der Waals surface area (Å²) in [5, 5.41) is 5.19. The SMILES string of the molecule is NC(=O)c1ccc(NCc2sc3ccccc3c2Cl)cc1. The van der Waals surface area contributed by atoms with Gasteiger partial charge in [0.25, 0.3) is 0 Å². The molecule has 3 rings (SSSR count). The number of rotatable bonds is 4. The zero-order valence-corrected chi connectivity index (χ0v) is 12.7. The number of carbonyl (C=O) groups is 1. The molecule has 3 aromatic rings. The van der Waals surface area contributed by atoms with E-state index < -0.39 is 5.91 Å². The van der Waals surface area contributed by atoms with Crippen LogP contribution in [0.5, 0.6) is 0 Å². The molecule has 0 radical (unpaired) electrons. The van der Waals surface area contributed by atoms with Crippen LogP contribution in [0, 0.1) is 0 Å². The van der Waals surface area contributed by atoms with Gasteiger partial charge >= 0.3 is 0 Å². The lowest BCUT2D eigenvalue weighted by Crippen LogP contribution is -2.10. The first-order chi connectivity index (χ1) is 10.1. The summed E-state index contributed by atoms with van der Waals surface area (Å²) in [5.41, 5.74) is 6.64. The van der Waals surface area contributed by atoms with Crippen molar-refractivity contribution in [1.82, 2.24) is 0 Å². The van der Waals surface area contributed by atoms with Gasteiger partial charge in [-0.15, -0.1) is 11.3 Å². The van der Waals surface area contributed by atoms with Crippen molar-refractivity contribution in [3.63, 3.8) is 0 Å². The zero-order chi connectivity index (χ0) is 14.8. The summed E-state index contributed by atoms with van der Waals surface area (Å²) in [6, 6.07) is 15.2. The van der Waals surface area contributed by atoms with Crippen molar-refractivity contribution in [2.45, 2.75) is 6.54 Å². The third kappa shape index (κ3) is 2.86. The number of nitrogens with two attached hydrogens (primary N) is 1. The number of anilines is 1. The molecule has 0 aliphatic rings. The number of carbonyl (C=O) groups excluding carboxylic acids is 1. The second-order valence-electron chi connectivity index (χ2n) is 4.63. The minimum Gasteiger partial charge on any atom is -0.380 e. The summed E-state index contributed by atoms with van der Waals surface area (Å²) >= 11 is 8.08. The van der Waals surface area contributed by atoms with E-state index >= 15 is 0 Å². The van der Waals surface area contributed by atoms with E-state index in [-0.39, 0.29) is 0 Å². The first-order valence-electron chi connectivity index (χ1n) is 6.45. The molecule has 0 aliphatic heterocycles. The highest BCUT2D eigenvalue weighted by molar-refractivity contribution is 7.19. The molecular weight excluding hydrogens is 304 g/mol. The molecule has 3 nitrogen and oxygen atoms in total. The van der Waals surface area contributed by atoms with Crippen LogP contribution >= 0.6 is 22.9 Å². The maximum absolute atomic E-state index is 11.0. The smallest absolute Gasteiger partial charge is 0.248 e. The molecule has 0 fully saturated rings. The number of primary amides is 1. The van der Waals surface area contributed by atoms with Gasteiger partial charge in [0.15, 0.2) is 0 Å². The Kier molecular flexibility index (Phi) is 3.82. The lowest BCUT2D eigenvalue weighted by Gasteiger charge is -2.05. The Morgan fingerprint density at radius 3 is 2.52 bits per heavy atom. The molecule has 0 unspecified atom stereocenters. The van der Waals surface area contributed by atoms with Crippen LogP contribution in [0.4, 0.5) is 5.69 Å². The summed E-state index contributed by atoms with van der Waals surface area (Å²) < 4.78 is 1.18. The van der Waals surface area contributed by atoms with Gasteiger partial charge in [0.2, 0.25) is 5.91 Å². The zero-order valence-electron chi connectivity index (χ0n) is 11.1. The Balaban J connectivity index is 1.77. The van der Waals surface area contributed by atoms with Gasteiger partial charge in [0, 0.05) is 26.2 Å². The molecule has 1 aromatic heterocycles. The molecule has 0 saturated heterocycles. The van der Waals surface area contributed by atoms with E-state index in [0.717, 1.165) is 21.0 Å². The van der Waals surface area contributed by atoms with Crippen molar-refractivity contribution in [2.75, 3.05) is 5.32 Å². The van der Waals surface area contributed by atoms with Gasteiger partial charge in [-0.05, 0) is 30.3 Å². The number of fused-ring (bicyclic) bond motifs is 1. The molecule has 0 saturated carbocycles. The van der Waals surface area contributed by atoms with Gasteiger partial charge in [-0.1, -0.05) is 29.8 Å². The Bertz CT molecular complexity index is 796. The molecule has 21 heavy (non-hydrogen) atoms. The lowest BCUT2D eigenvalue weighted by molar-refractivity contribution is 0.100. The summed E-state index contributed by atoms with van der Waals surface area (Å²) in [5.74, 6) is -0.422. The van der Waals surface area contributed by atoms with Gasteiger partial charge in [0.05, 0.1) is 11.6 Å². The van der Waals surface area contributed by atoms with Gasteiger partial charge in [-0.25, -0.2) is 0 Å². The maximum Gasteiger partial charge on any atom is 0.248 e. The summed E-state index contributed by atoms with van der Waals surface area (Å²) in [6.45, 7) is 0.647. The largest absolute Gasteiger partial charge is 0.380 e. The van der Waals surface area contributed by atoms with Crippen molar-refractivity contribution in [3.8, 4) is 0 Å². The molecule has 0 spiro atoms. The number of halogens is 1. The van der Waals surface area contributed by atoms with Crippen LogP contribution in [0.3, 0.4) is 0 Å². The molecule has 0 aliphatic carbocycles. The molecule has 106 valence electrons. The van der Waals surface area contributed by atoms with Gasteiger partial charge in [-0.3, -0.25) is 4.79 Å². The van der Waals surface area contributed by atoms with Crippen LogP contribution in [0.1, 0.15) is 15.2 Å². The molecule has 0 atom stereocenters. The fourth-order valence-electron chi connectivity index (χ4n) is 2.11. The van der Waals surface area contributed by atoms with E-state index in [2.05, 4.69) is 11.4 Å². The summed E-state index contributed by atoms with van der Waals surface area (Å²) in [6.07, 6.45) is 0. The molecule has 3 N–H and O–H groups in total. The summed E-state index contributed by atoms with van der Waals surface area (Å²) in [7, 11) is 0. The van der Waals surface area contributed by atoms with Crippen LogP contribution in [-0.2, 0) is 6.54 Å². The maximum atomic E-state index is 11.0. The number of amides is 1. The first-order valence-corrected chi connectivity index (χ1v) is 7.64. The third-order valence-electron chi connectivity index (χ3n) is 3.22. The van der Waals surface area contributed by atoms with E-state index in [0.29, 0.717) is 12.1 Å². The number of benzene rings is 2. The highest BCUT2D eigenvalue weighted by Gasteiger charge is 2.09. The quantitative estimate of drug-likeness (QED) is 0.755. The number of hydrogen-bond acceptors (Lipinski definition) is 3.